The molecule has 9 N–H and O–H groups in total. The summed E-state index contributed by atoms with van der Waals surface area (Å²) in [5, 5.41) is 39.8. The van der Waals surface area contributed by atoms with Crippen molar-refractivity contribution >= 4 is 17.5 Å². The first-order valence-corrected chi connectivity index (χ1v) is 29.5. The molecule has 1 aromatic rings. The van der Waals surface area contributed by atoms with Gasteiger partial charge >= 0.3 is 5.97 Å². The summed E-state index contributed by atoms with van der Waals surface area (Å²) < 4.78 is 13.7. The Bertz CT molecular complexity index is 2640. The van der Waals surface area contributed by atoms with Crippen LogP contribution in [0, 0.1) is 40.9 Å². The van der Waals surface area contributed by atoms with Gasteiger partial charge in [0.2, 0.25) is 5.78 Å². The maximum atomic E-state index is 16.1. The van der Waals surface area contributed by atoms with E-state index in [9.17, 15) is 10.2 Å². The predicted octanol–water partition coefficient (Wildman–Crippen LogP) is 8.17. The number of aliphatic hydroxyl groups is 2. The number of benzene rings is 1. The Hall–Kier alpha value is -4.63. The number of rotatable bonds is 14. The molecule has 76 heavy (non-hydrogen) atoms. The van der Waals surface area contributed by atoms with Crippen molar-refractivity contribution in [2.24, 2.45) is 46.7 Å². The number of fused-ring (bicyclic) bond motifs is 1. The molecule has 0 radical (unpaired) electrons. The van der Waals surface area contributed by atoms with Gasteiger partial charge in [0, 0.05) is 48.9 Å². The average molecular weight is 1040 g/mol. The molecule has 11 rings (SSSR count). The first-order valence-electron chi connectivity index (χ1n) is 29.5. The van der Waals surface area contributed by atoms with Crippen LogP contribution in [-0.2, 0) is 20.7 Å². The molecule has 3 fully saturated rings. The lowest BCUT2D eigenvalue weighted by Gasteiger charge is -2.44. The molecule has 410 valence electrons. The number of dihydropyridines is 2. The third-order valence-corrected chi connectivity index (χ3v) is 20.0. The van der Waals surface area contributed by atoms with Gasteiger partial charge in [0.25, 0.3) is 5.60 Å². The van der Waals surface area contributed by atoms with E-state index in [2.05, 4.69) is 63.9 Å². The first kappa shape index (κ1) is 53.4. The molecular formula is C63H86N6O7. The summed E-state index contributed by atoms with van der Waals surface area (Å²) in [6, 6.07) is 5.45. The van der Waals surface area contributed by atoms with Crippen LogP contribution in [0.1, 0.15) is 162 Å². The summed E-state index contributed by atoms with van der Waals surface area (Å²) in [5.74, 6) is 1.08. The zero-order chi connectivity index (χ0) is 52.8. The largest absolute Gasteiger partial charge is 0.459 e. The summed E-state index contributed by atoms with van der Waals surface area (Å²) in [6.45, 7) is 5.49. The fourth-order valence-corrected chi connectivity index (χ4v) is 15.9. The standard InChI is InChI=1S/C63H86N6O7/c1-38(28-43-21-22-44-30-54(65-3)69-59-56(44)47(43)24-26-66-59)46(37-71)34-62-57(72)48-18-10-17-45-33-61(2,32-40-20-23-53(64)68-36-40)25-8-7-14-41-15-9-16-42-29-51(67-35-39-12-5-4-6-13-39)50(31-49(41)42)52(19-11-27-70)75-60(74)63(62,76-62)58(73)55(45)48/h9-10,16-18,20,23-24,29,36,39,41,43-44,49-54,65-71H,4-8,11-15,19,21-22,25-28,30-35,37,64H2,1-3H3/b46-38-/t41-,43-,44+,49+,50+,51+,52-,53?,54+,61-,62+,63+/m1/s1. The number of esters is 1. The van der Waals surface area contributed by atoms with Crippen LogP contribution in [0.5, 0.6) is 0 Å². The number of hydrogen-bond acceptors (Lipinski definition) is 13. The summed E-state index contributed by atoms with van der Waals surface area (Å²) in [7, 11) is 1.99. The Kier molecular flexibility index (Phi) is 15.6. The summed E-state index contributed by atoms with van der Waals surface area (Å²) >= 11 is 0. The van der Waals surface area contributed by atoms with Gasteiger partial charge in [-0.05, 0) is 185 Å². The maximum absolute atomic E-state index is 16.1. The second-order valence-corrected chi connectivity index (χ2v) is 25.1. The van der Waals surface area contributed by atoms with Gasteiger partial charge in [-0.25, -0.2) is 4.79 Å². The van der Waals surface area contributed by atoms with Gasteiger partial charge in [0.05, 0.1) is 18.9 Å². The van der Waals surface area contributed by atoms with Crippen LogP contribution in [0.3, 0.4) is 0 Å². The Morgan fingerprint density at radius 3 is 2.62 bits per heavy atom. The lowest BCUT2D eigenvalue weighted by atomic mass is 9.66. The van der Waals surface area contributed by atoms with Gasteiger partial charge in [-0.1, -0.05) is 93.2 Å². The third-order valence-electron chi connectivity index (χ3n) is 20.0. The monoisotopic (exact) mass is 1040 g/mol. The molecule has 1 unspecified atom stereocenters. The number of allylic oxidation sites excluding steroid dienone is 8. The van der Waals surface area contributed by atoms with Crippen LogP contribution in [0.4, 0.5) is 0 Å². The third kappa shape index (κ3) is 10.1. The number of epoxide rings is 1. The SMILES string of the molecule is CN[C@@H]1C[C@@H]2CC[C@H](C/C(C)=C(\CO)C[C@@]34O[C@@]35C(=O)O[C@H](CCCO)[C@H]3C[C@@H]6C(=C[C@@H]3NCC3CCCCC3)C=CC[C@H]6CCCC[C@](C)(CC3=CNC(N)C=C3)Cc3cccc(c3C5=O)C4=O)C3=CCNC(=C32)N1. The zero-order valence-corrected chi connectivity index (χ0v) is 45.5. The van der Waals surface area contributed by atoms with Crippen molar-refractivity contribution < 1.29 is 34.1 Å². The molecule has 1 aromatic carbocycles. The topological polar surface area (TPSA) is 200 Å². The Balaban J connectivity index is 0.982. The number of carbonyl (C=O) groups is 3. The van der Waals surface area contributed by atoms with Crippen molar-refractivity contribution in [1.29, 1.82) is 0 Å². The van der Waals surface area contributed by atoms with Gasteiger partial charge in [-0.15, -0.1) is 0 Å². The van der Waals surface area contributed by atoms with Crippen LogP contribution in [0.2, 0.25) is 0 Å². The van der Waals surface area contributed by atoms with Crippen LogP contribution in [0.25, 0.3) is 0 Å². The number of Topliss-reactive ketones (excluding diaryl/α,β-unsaturated/α-hetero) is 2. The van der Waals surface area contributed by atoms with Gasteiger partial charge in [-0.3, -0.25) is 9.59 Å². The van der Waals surface area contributed by atoms with E-state index in [1.165, 1.54) is 48.8 Å². The highest BCUT2D eigenvalue weighted by Crippen LogP contribution is 2.61. The second kappa shape index (κ2) is 22.2. The number of cyclic esters (lactones) is 1. The molecule has 1 saturated heterocycles. The van der Waals surface area contributed by atoms with Crippen molar-refractivity contribution in [3.05, 3.63) is 117 Å². The molecule has 2 saturated carbocycles. The van der Waals surface area contributed by atoms with E-state index in [1.54, 1.807) is 6.07 Å². The number of ketones is 2. The summed E-state index contributed by atoms with van der Waals surface area (Å²) in [5.41, 5.74) is 9.64. The molecule has 1 spiro atoms. The minimum atomic E-state index is -2.26. The smallest absolute Gasteiger partial charge is 0.350 e. The van der Waals surface area contributed by atoms with E-state index < -0.39 is 34.8 Å². The van der Waals surface area contributed by atoms with E-state index in [0.29, 0.717) is 49.0 Å². The summed E-state index contributed by atoms with van der Waals surface area (Å²) in [4.78, 5) is 47.8. The molecule has 0 amide bonds. The molecule has 5 heterocycles. The molecule has 5 aliphatic carbocycles. The van der Waals surface area contributed by atoms with E-state index in [4.69, 9.17) is 15.2 Å². The van der Waals surface area contributed by atoms with Crippen molar-refractivity contribution in [3.8, 4) is 0 Å². The number of carbonyl (C=O) groups excluding carboxylic acids is 3. The zero-order valence-electron chi connectivity index (χ0n) is 45.5. The van der Waals surface area contributed by atoms with E-state index in [0.717, 1.165) is 99.8 Å². The lowest BCUT2D eigenvalue weighted by molar-refractivity contribution is -0.158. The van der Waals surface area contributed by atoms with E-state index in [-0.39, 0.29) is 72.3 Å². The molecule has 5 aliphatic heterocycles. The van der Waals surface area contributed by atoms with Gasteiger partial charge in [0.15, 0.2) is 11.4 Å². The van der Waals surface area contributed by atoms with Crippen LogP contribution in [0.15, 0.2) is 100 Å². The van der Waals surface area contributed by atoms with Crippen molar-refractivity contribution in [3.63, 3.8) is 0 Å². The molecule has 4 bridgehead atoms. The van der Waals surface area contributed by atoms with Gasteiger partial charge in [0.1, 0.15) is 11.9 Å². The second-order valence-electron chi connectivity index (χ2n) is 25.1. The molecule has 13 heteroatoms. The minimum absolute atomic E-state index is 0.0740. The number of ether oxygens (including phenoxy) is 2. The van der Waals surface area contributed by atoms with E-state index >= 15 is 14.4 Å². The number of nitrogens with two attached hydrogens (primary N) is 1. The van der Waals surface area contributed by atoms with Crippen LogP contribution in [-0.4, -0.2) is 96.8 Å². The normalized spacial score (nSPS) is 36.4. The molecule has 0 aromatic heterocycles. The highest BCUT2D eigenvalue weighted by molar-refractivity contribution is 6.33. The number of nitrogens with one attached hydrogen (secondary N) is 5. The first-order chi connectivity index (χ1) is 36.9. The van der Waals surface area contributed by atoms with Crippen LogP contribution < -0.4 is 32.3 Å². The van der Waals surface area contributed by atoms with Gasteiger partial charge < -0.3 is 52.0 Å². The van der Waals surface area contributed by atoms with Crippen LogP contribution >= 0.6 is 0 Å². The maximum Gasteiger partial charge on any atom is 0.350 e. The van der Waals surface area contributed by atoms with Crippen molar-refractivity contribution in [2.45, 2.75) is 178 Å². The number of aliphatic hydroxyl groups excluding tert-OH is 2. The minimum Gasteiger partial charge on any atom is -0.459 e. The fraction of sp³-hybridized carbons (Fsp3) is 0.635. The molecule has 13 nitrogen and oxygen atoms in total. The van der Waals surface area contributed by atoms with Gasteiger partial charge in [-0.2, -0.15) is 0 Å². The highest BCUT2D eigenvalue weighted by Gasteiger charge is 2.86. The lowest BCUT2D eigenvalue weighted by Crippen LogP contribution is -2.54. The Morgan fingerprint density at radius 1 is 0.987 bits per heavy atom. The van der Waals surface area contributed by atoms with Crippen molar-refractivity contribution in [2.75, 3.05) is 33.4 Å². The Morgan fingerprint density at radius 2 is 1.83 bits per heavy atom. The number of hydrogen-bond donors (Lipinski definition) is 8. The quantitative estimate of drug-likeness (QED) is 0.0385. The highest BCUT2D eigenvalue weighted by atomic mass is 16.7. The average Bonchev–Trinajstić information content (AvgIpc) is 4.05. The Labute approximate surface area is 451 Å². The van der Waals surface area contributed by atoms with E-state index in [1.807, 2.05) is 38.4 Å². The molecule has 12 atom stereocenters. The molecular weight excluding hydrogens is 953 g/mol. The predicted molar refractivity (Wildman–Crippen MR) is 295 cm³/mol. The van der Waals surface area contributed by atoms with Crippen molar-refractivity contribution in [1.82, 2.24) is 26.6 Å². The fourth-order valence-electron chi connectivity index (χ4n) is 15.9. The summed E-state index contributed by atoms with van der Waals surface area (Å²) in [6.07, 6.45) is 32.3. The molecule has 10 aliphatic rings.